The fraction of sp³-hybridized carbons (Fsp3) is 0.125. The predicted octanol–water partition coefficient (Wildman–Crippen LogP) is 1.19. The van der Waals surface area contributed by atoms with E-state index in [2.05, 4.69) is 20.8 Å². The van der Waals surface area contributed by atoms with Crippen LogP contribution in [-0.2, 0) is 9.59 Å². The van der Waals surface area contributed by atoms with Gasteiger partial charge < -0.3 is 14.8 Å². The van der Waals surface area contributed by atoms with Gasteiger partial charge in [0.1, 0.15) is 11.5 Å². The molecule has 0 saturated heterocycles. The lowest BCUT2D eigenvalue weighted by atomic mass is 10.2. The first-order chi connectivity index (χ1) is 11.6. The Morgan fingerprint density at radius 2 is 1.96 bits per heavy atom. The summed E-state index contributed by atoms with van der Waals surface area (Å²) in [6.45, 7) is 0. The van der Waals surface area contributed by atoms with Crippen molar-refractivity contribution in [2.24, 2.45) is 5.10 Å². The number of anilines is 1. The number of nitrogens with one attached hydrogen (secondary N) is 2. The molecule has 8 heteroatoms. The molecule has 0 fully saturated rings. The van der Waals surface area contributed by atoms with Crippen LogP contribution < -0.4 is 20.2 Å². The summed E-state index contributed by atoms with van der Waals surface area (Å²) in [5.74, 6) is -0.863. The van der Waals surface area contributed by atoms with E-state index in [1.165, 1.54) is 20.4 Å². The first kappa shape index (κ1) is 16.9. The maximum Gasteiger partial charge on any atom is 0.329 e. The molecular formula is C16H16N4O4. The van der Waals surface area contributed by atoms with Crippen molar-refractivity contribution in [3.05, 3.63) is 48.3 Å². The number of carbonyl (C=O) groups is 2. The lowest BCUT2D eigenvalue weighted by Gasteiger charge is -2.10. The Balaban J connectivity index is 1.96. The predicted molar refractivity (Wildman–Crippen MR) is 88.1 cm³/mol. The number of benzene rings is 1. The highest BCUT2D eigenvalue weighted by atomic mass is 16.5. The Morgan fingerprint density at radius 1 is 1.12 bits per heavy atom. The van der Waals surface area contributed by atoms with Crippen LogP contribution in [0, 0.1) is 0 Å². The van der Waals surface area contributed by atoms with Crippen LogP contribution in [0.4, 0.5) is 5.69 Å². The molecule has 0 aliphatic heterocycles. The smallest absolute Gasteiger partial charge is 0.329 e. The van der Waals surface area contributed by atoms with Gasteiger partial charge in [0.25, 0.3) is 0 Å². The van der Waals surface area contributed by atoms with Gasteiger partial charge in [-0.2, -0.15) is 5.10 Å². The number of hydrazone groups is 1. The molecule has 2 rings (SSSR count). The molecule has 0 unspecified atom stereocenters. The Kier molecular flexibility index (Phi) is 5.84. The third-order valence-corrected chi connectivity index (χ3v) is 2.91. The molecule has 0 aliphatic rings. The zero-order valence-corrected chi connectivity index (χ0v) is 13.1. The van der Waals surface area contributed by atoms with Gasteiger partial charge in [0.05, 0.1) is 31.8 Å². The topological polar surface area (TPSA) is 102 Å². The Hall–Kier alpha value is -3.42. The van der Waals surface area contributed by atoms with Gasteiger partial charge in [-0.05, 0) is 24.3 Å². The van der Waals surface area contributed by atoms with E-state index in [-0.39, 0.29) is 0 Å². The maximum atomic E-state index is 11.9. The Bertz CT molecular complexity index is 747. The fourth-order valence-corrected chi connectivity index (χ4v) is 1.74. The minimum atomic E-state index is -0.917. The quantitative estimate of drug-likeness (QED) is 0.488. The number of aromatic nitrogens is 1. The Morgan fingerprint density at radius 3 is 2.62 bits per heavy atom. The second-order valence-electron chi connectivity index (χ2n) is 4.47. The highest BCUT2D eigenvalue weighted by molar-refractivity contribution is 6.39. The number of rotatable bonds is 5. The number of ether oxygens (including phenoxy) is 2. The molecule has 24 heavy (non-hydrogen) atoms. The molecule has 1 heterocycles. The maximum absolute atomic E-state index is 11.9. The molecule has 1 aromatic heterocycles. The first-order valence-electron chi connectivity index (χ1n) is 6.91. The lowest BCUT2D eigenvalue weighted by Crippen LogP contribution is -2.32. The second-order valence-corrected chi connectivity index (χ2v) is 4.47. The summed E-state index contributed by atoms with van der Waals surface area (Å²) >= 11 is 0. The molecule has 2 aromatic rings. The monoisotopic (exact) mass is 328 g/mol. The third-order valence-electron chi connectivity index (χ3n) is 2.91. The van der Waals surface area contributed by atoms with Gasteiger partial charge in [-0.15, -0.1) is 0 Å². The summed E-state index contributed by atoms with van der Waals surface area (Å²) in [5.41, 5.74) is 3.02. The highest BCUT2D eigenvalue weighted by Gasteiger charge is 2.15. The highest BCUT2D eigenvalue weighted by Crippen LogP contribution is 2.28. The van der Waals surface area contributed by atoms with Gasteiger partial charge in [-0.25, -0.2) is 5.43 Å². The van der Waals surface area contributed by atoms with Crippen LogP contribution in [0.2, 0.25) is 0 Å². The second kappa shape index (κ2) is 8.28. The van der Waals surface area contributed by atoms with Crippen LogP contribution in [0.3, 0.4) is 0 Å². The average Bonchev–Trinajstić information content (AvgIpc) is 2.62. The van der Waals surface area contributed by atoms with Gasteiger partial charge in [-0.3, -0.25) is 14.6 Å². The molecule has 0 aliphatic carbocycles. The first-order valence-corrected chi connectivity index (χ1v) is 6.91. The molecule has 8 nitrogen and oxygen atoms in total. The summed E-state index contributed by atoms with van der Waals surface area (Å²) in [7, 11) is 2.96. The third kappa shape index (κ3) is 4.54. The molecule has 1 aromatic carbocycles. The number of methoxy groups -OCH3 is 2. The molecule has 124 valence electrons. The Labute approximate surface area is 138 Å². The SMILES string of the molecule is COc1ccc(NC(=O)C(=O)N/N=C\c2ccccn2)c(OC)c1. The largest absolute Gasteiger partial charge is 0.497 e. The van der Waals surface area contributed by atoms with Crippen LogP contribution in [0.15, 0.2) is 47.7 Å². The molecule has 0 spiro atoms. The minimum absolute atomic E-state index is 0.340. The zero-order valence-electron chi connectivity index (χ0n) is 13.1. The van der Waals surface area contributed by atoms with E-state index in [4.69, 9.17) is 9.47 Å². The lowest BCUT2D eigenvalue weighted by molar-refractivity contribution is -0.136. The van der Waals surface area contributed by atoms with Gasteiger partial charge in [-0.1, -0.05) is 6.07 Å². The summed E-state index contributed by atoms with van der Waals surface area (Å²) in [6, 6.07) is 10.0. The van der Waals surface area contributed by atoms with Gasteiger partial charge in [0, 0.05) is 12.3 Å². The number of pyridine rings is 1. The van der Waals surface area contributed by atoms with Crippen molar-refractivity contribution in [2.45, 2.75) is 0 Å². The zero-order chi connectivity index (χ0) is 17.4. The van der Waals surface area contributed by atoms with Crippen molar-refractivity contribution in [2.75, 3.05) is 19.5 Å². The van der Waals surface area contributed by atoms with Crippen molar-refractivity contribution in [3.63, 3.8) is 0 Å². The van der Waals surface area contributed by atoms with E-state index < -0.39 is 11.8 Å². The van der Waals surface area contributed by atoms with Gasteiger partial charge in [0.2, 0.25) is 0 Å². The summed E-state index contributed by atoms with van der Waals surface area (Å²) in [5, 5.41) is 6.12. The van der Waals surface area contributed by atoms with E-state index in [1.54, 1.807) is 42.6 Å². The number of hydrogen-bond acceptors (Lipinski definition) is 6. The molecular weight excluding hydrogens is 312 g/mol. The van der Waals surface area contributed by atoms with E-state index in [0.29, 0.717) is 22.9 Å². The molecule has 0 bridgehead atoms. The van der Waals surface area contributed by atoms with Crippen molar-refractivity contribution < 1.29 is 19.1 Å². The normalized spacial score (nSPS) is 10.2. The van der Waals surface area contributed by atoms with E-state index in [0.717, 1.165) is 0 Å². The number of amides is 2. The summed E-state index contributed by atoms with van der Waals surface area (Å²) < 4.78 is 10.2. The molecule has 2 amide bonds. The molecule has 0 saturated carbocycles. The number of carbonyl (C=O) groups excluding carboxylic acids is 2. The van der Waals surface area contributed by atoms with Gasteiger partial charge >= 0.3 is 11.8 Å². The van der Waals surface area contributed by atoms with Gasteiger partial charge in [0.15, 0.2) is 0 Å². The summed E-state index contributed by atoms with van der Waals surface area (Å²) in [6.07, 6.45) is 2.92. The molecule has 0 atom stereocenters. The number of nitrogens with zero attached hydrogens (tertiary/aromatic N) is 2. The fourth-order valence-electron chi connectivity index (χ4n) is 1.74. The standard InChI is InChI=1S/C16H16N4O4/c1-23-12-6-7-13(14(9-12)24-2)19-15(21)16(22)20-18-10-11-5-3-4-8-17-11/h3-10H,1-2H3,(H,19,21)(H,20,22)/b18-10-. The van der Waals surface area contributed by atoms with Crippen LogP contribution >= 0.6 is 0 Å². The van der Waals surface area contributed by atoms with Crippen molar-refractivity contribution in [1.82, 2.24) is 10.4 Å². The van der Waals surface area contributed by atoms with Crippen LogP contribution in [0.5, 0.6) is 11.5 Å². The van der Waals surface area contributed by atoms with Crippen LogP contribution in [-0.4, -0.2) is 37.2 Å². The van der Waals surface area contributed by atoms with Crippen molar-refractivity contribution >= 4 is 23.7 Å². The van der Waals surface area contributed by atoms with E-state index >= 15 is 0 Å². The number of hydrogen-bond donors (Lipinski definition) is 2. The summed E-state index contributed by atoms with van der Waals surface area (Å²) in [4.78, 5) is 27.6. The van der Waals surface area contributed by atoms with E-state index in [1.807, 2.05) is 0 Å². The molecule has 0 radical (unpaired) electrons. The van der Waals surface area contributed by atoms with E-state index in [9.17, 15) is 9.59 Å². The van der Waals surface area contributed by atoms with Crippen molar-refractivity contribution in [3.8, 4) is 11.5 Å². The van der Waals surface area contributed by atoms with Crippen LogP contribution in [0.25, 0.3) is 0 Å². The minimum Gasteiger partial charge on any atom is -0.497 e. The molecule has 2 N–H and O–H groups in total. The average molecular weight is 328 g/mol. The van der Waals surface area contributed by atoms with Crippen molar-refractivity contribution in [1.29, 1.82) is 0 Å². The van der Waals surface area contributed by atoms with Crippen LogP contribution in [0.1, 0.15) is 5.69 Å².